The van der Waals surface area contributed by atoms with Gasteiger partial charge in [0.1, 0.15) is 11.9 Å². The van der Waals surface area contributed by atoms with Crippen molar-refractivity contribution in [3.8, 4) is 5.75 Å². The average Bonchev–Trinajstić information content (AvgIpc) is 3.06. The lowest BCUT2D eigenvalue weighted by Crippen LogP contribution is -2.30. The summed E-state index contributed by atoms with van der Waals surface area (Å²) < 4.78 is 10.7. The van der Waals surface area contributed by atoms with E-state index in [0.29, 0.717) is 30.0 Å². The van der Waals surface area contributed by atoms with Gasteiger partial charge in [0, 0.05) is 19.7 Å². The highest BCUT2D eigenvalue weighted by atomic mass is 16.5. The lowest BCUT2D eigenvalue weighted by atomic mass is 10.1. The van der Waals surface area contributed by atoms with Gasteiger partial charge in [0.15, 0.2) is 6.10 Å². The summed E-state index contributed by atoms with van der Waals surface area (Å²) in [5.41, 5.74) is 0.751. The van der Waals surface area contributed by atoms with Gasteiger partial charge < -0.3 is 24.8 Å². The van der Waals surface area contributed by atoms with Gasteiger partial charge in [-0.3, -0.25) is 9.59 Å². The van der Waals surface area contributed by atoms with Crippen LogP contribution in [0.25, 0.3) is 0 Å². The van der Waals surface area contributed by atoms with Crippen molar-refractivity contribution in [2.75, 3.05) is 26.0 Å². The average molecular weight is 350 g/mol. The molecule has 25 heavy (non-hydrogen) atoms. The molecule has 8 heteroatoms. The number of nitrogens with one attached hydrogen (secondary N) is 1. The van der Waals surface area contributed by atoms with Crippen molar-refractivity contribution >= 4 is 23.5 Å². The number of nitrogens with zero attached hydrogens (tertiary/aromatic N) is 1. The van der Waals surface area contributed by atoms with Gasteiger partial charge in [-0.15, -0.1) is 0 Å². The van der Waals surface area contributed by atoms with Crippen LogP contribution >= 0.6 is 0 Å². The normalized spacial score (nSPS) is 19.3. The van der Waals surface area contributed by atoms with E-state index in [1.54, 1.807) is 26.2 Å². The number of aliphatic carboxylic acids is 1. The highest BCUT2D eigenvalue weighted by molar-refractivity contribution is 5.99. The van der Waals surface area contributed by atoms with Gasteiger partial charge in [0.25, 0.3) is 11.8 Å². The summed E-state index contributed by atoms with van der Waals surface area (Å²) in [5, 5.41) is 11.6. The molecule has 0 aliphatic carbocycles. The van der Waals surface area contributed by atoms with Gasteiger partial charge in [-0.25, -0.2) is 4.79 Å². The molecule has 2 atom stereocenters. The first kappa shape index (κ1) is 18.7. The predicted molar refractivity (Wildman–Crippen MR) is 89.8 cm³/mol. The molecular formula is C17H22N2O6. The first-order valence-corrected chi connectivity index (χ1v) is 8.01. The van der Waals surface area contributed by atoms with E-state index in [0.717, 1.165) is 0 Å². The number of carbonyl (C=O) groups is 3. The van der Waals surface area contributed by atoms with E-state index in [1.807, 2.05) is 6.92 Å². The second-order valence-electron chi connectivity index (χ2n) is 5.86. The first-order valence-electron chi connectivity index (χ1n) is 8.01. The van der Waals surface area contributed by atoms with Gasteiger partial charge in [0.2, 0.25) is 0 Å². The van der Waals surface area contributed by atoms with Gasteiger partial charge in [-0.1, -0.05) is 0 Å². The maximum Gasteiger partial charge on any atom is 0.332 e. The zero-order valence-electron chi connectivity index (χ0n) is 14.4. The van der Waals surface area contributed by atoms with E-state index in [2.05, 4.69) is 5.32 Å². The first-order chi connectivity index (χ1) is 11.8. The fourth-order valence-electron chi connectivity index (χ4n) is 2.53. The van der Waals surface area contributed by atoms with E-state index >= 15 is 0 Å². The second kappa shape index (κ2) is 7.98. The molecule has 1 aromatic rings. The summed E-state index contributed by atoms with van der Waals surface area (Å²) in [6, 6.07) is 4.77. The monoisotopic (exact) mass is 350 g/mol. The van der Waals surface area contributed by atoms with E-state index in [1.165, 1.54) is 11.0 Å². The van der Waals surface area contributed by atoms with Crippen LogP contribution in [-0.4, -0.2) is 60.7 Å². The van der Waals surface area contributed by atoms with Crippen molar-refractivity contribution in [3.63, 3.8) is 0 Å². The molecule has 8 nitrogen and oxygen atoms in total. The van der Waals surface area contributed by atoms with Crippen LogP contribution in [0.1, 0.15) is 30.1 Å². The van der Waals surface area contributed by atoms with Crippen LogP contribution < -0.4 is 10.1 Å². The van der Waals surface area contributed by atoms with Crippen molar-refractivity contribution in [2.24, 2.45) is 0 Å². The fraction of sp³-hybridized carbons (Fsp3) is 0.471. The summed E-state index contributed by atoms with van der Waals surface area (Å²) in [5.74, 6) is -1.32. The SMILES string of the molecule is CCOc1ccc(C(=O)N(C)C)cc1NC(=O)[C@@H]1CC[C@H](C(=O)O)O1. The Labute approximate surface area is 145 Å². The second-order valence-corrected chi connectivity index (χ2v) is 5.86. The third kappa shape index (κ3) is 4.48. The van der Waals surface area contributed by atoms with Crippen LogP contribution in [0.15, 0.2) is 18.2 Å². The molecule has 1 aliphatic heterocycles. The molecule has 2 amide bonds. The summed E-state index contributed by atoms with van der Waals surface area (Å²) in [4.78, 5) is 36.8. The maximum atomic E-state index is 12.4. The van der Waals surface area contributed by atoms with Crippen LogP contribution in [-0.2, 0) is 14.3 Å². The smallest absolute Gasteiger partial charge is 0.332 e. The van der Waals surface area contributed by atoms with Crippen molar-refractivity contribution in [2.45, 2.75) is 32.0 Å². The van der Waals surface area contributed by atoms with Crippen LogP contribution in [0.3, 0.4) is 0 Å². The third-order valence-electron chi connectivity index (χ3n) is 3.78. The number of carboxylic acid groups (broad SMARTS) is 1. The van der Waals surface area contributed by atoms with E-state index < -0.39 is 24.1 Å². The molecule has 0 radical (unpaired) electrons. The molecular weight excluding hydrogens is 328 g/mol. The Balaban J connectivity index is 2.18. The predicted octanol–water partition coefficient (Wildman–Crippen LogP) is 1.36. The molecule has 0 bridgehead atoms. The minimum absolute atomic E-state index is 0.207. The Hall–Kier alpha value is -2.61. The number of anilines is 1. The van der Waals surface area contributed by atoms with E-state index in [4.69, 9.17) is 14.6 Å². The van der Waals surface area contributed by atoms with Crippen molar-refractivity contribution < 1.29 is 29.0 Å². The van der Waals surface area contributed by atoms with Crippen molar-refractivity contribution in [1.29, 1.82) is 0 Å². The maximum absolute atomic E-state index is 12.4. The molecule has 1 aromatic carbocycles. The Morgan fingerprint density at radius 2 is 1.96 bits per heavy atom. The van der Waals surface area contributed by atoms with Crippen LogP contribution in [0.4, 0.5) is 5.69 Å². The van der Waals surface area contributed by atoms with Crippen molar-refractivity contribution in [3.05, 3.63) is 23.8 Å². The molecule has 2 N–H and O–H groups in total. The molecule has 2 rings (SSSR count). The Morgan fingerprint density at radius 1 is 1.28 bits per heavy atom. The Kier molecular flexibility index (Phi) is 5.97. The number of carbonyl (C=O) groups excluding carboxylic acids is 2. The summed E-state index contributed by atoms with van der Waals surface area (Å²) in [7, 11) is 3.27. The standard InChI is InChI=1S/C17H22N2O6/c1-4-24-12-6-5-10(16(21)19(2)3)9-11(12)18-15(20)13-7-8-14(25-13)17(22)23/h5-6,9,13-14H,4,7-8H2,1-3H3,(H,18,20)(H,22,23)/t13-,14+/m0/s1. The quantitative estimate of drug-likeness (QED) is 0.802. The van der Waals surface area contributed by atoms with Gasteiger partial charge in [-0.2, -0.15) is 0 Å². The molecule has 0 spiro atoms. The molecule has 1 aliphatic rings. The van der Waals surface area contributed by atoms with E-state index in [9.17, 15) is 14.4 Å². The number of hydrogen-bond donors (Lipinski definition) is 2. The summed E-state index contributed by atoms with van der Waals surface area (Å²) >= 11 is 0. The largest absolute Gasteiger partial charge is 0.492 e. The van der Waals surface area contributed by atoms with Gasteiger partial charge in [-0.05, 0) is 38.0 Å². The lowest BCUT2D eigenvalue weighted by molar-refractivity contribution is -0.150. The fourth-order valence-corrected chi connectivity index (χ4v) is 2.53. The van der Waals surface area contributed by atoms with Crippen molar-refractivity contribution in [1.82, 2.24) is 4.90 Å². The molecule has 1 saturated heterocycles. The summed E-state index contributed by atoms with van der Waals surface area (Å²) in [6.45, 7) is 2.20. The number of carboxylic acids is 1. The number of hydrogen-bond acceptors (Lipinski definition) is 5. The van der Waals surface area contributed by atoms with Gasteiger partial charge >= 0.3 is 5.97 Å². The van der Waals surface area contributed by atoms with Crippen LogP contribution in [0, 0.1) is 0 Å². The Morgan fingerprint density at radius 3 is 2.52 bits per heavy atom. The molecule has 1 fully saturated rings. The highest BCUT2D eigenvalue weighted by Crippen LogP contribution is 2.28. The molecule has 136 valence electrons. The molecule has 0 saturated carbocycles. The summed E-state index contributed by atoms with van der Waals surface area (Å²) in [6.07, 6.45) is -1.21. The minimum atomic E-state index is -1.08. The Bertz CT molecular complexity index is 673. The number of benzene rings is 1. The number of ether oxygens (including phenoxy) is 2. The number of rotatable bonds is 6. The molecule has 1 heterocycles. The van der Waals surface area contributed by atoms with Crippen LogP contribution in [0.5, 0.6) is 5.75 Å². The zero-order valence-corrected chi connectivity index (χ0v) is 14.4. The zero-order chi connectivity index (χ0) is 18.6. The van der Waals surface area contributed by atoms with E-state index in [-0.39, 0.29) is 12.3 Å². The number of amides is 2. The minimum Gasteiger partial charge on any atom is -0.492 e. The van der Waals surface area contributed by atoms with Crippen LogP contribution in [0.2, 0.25) is 0 Å². The highest BCUT2D eigenvalue weighted by Gasteiger charge is 2.35. The third-order valence-corrected chi connectivity index (χ3v) is 3.78. The molecule has 0 aromatic heterocycles. The van der Waals surface area contributed by atoms with Gasteiger partial charge in [0.05, 0.1) is 12.3 Å². The lowest BCUT2D eigenvalue weighted by Gasteiger charge is -2.17. The topological polar surface area (TPSA) is 105 Å². The molecule has 0 unspecified atom stereocenters.